The zero-order chi connectivity index (χ0) is 23.9. The van der Waals surface area contributed by atoms with Crippen LogP contribution in [0.4, 0.5) is 10.1 Å². The third kappa shape index (κ3) is 2.55. The number of rotatable bonds is 2. The fraction of sp³-hybridized carbons (Fsp3) is 0.381. The number of phenols is 1. The van der Waals surface area contributed by atoms with Crippen LogP contribution in [0.2, 0.25) is 0 Å². The molecule has 0 radical (unpaired) electrons. The van der Waals surface area contributed by atoms with Gasteiger partial charge >= 0.3 is 0 Å². The number of aliphatic hydroxyl groups excluding tert-OH is 2. The summed E-state index contributed by atoms with van der Waals surface area (Å²) in [7, 11) is 3.00. The van der Waals surface area contributed by atoms with Crippen LogP contribution in [0.5, 0.6) is 5.75 Å². The van der Waals surface area contributed by atoms with Gasteiger partial charge in [0.1, 0.15) is 28.7 Å². The summed E-state index contributed by atoms with van der Waals surface area (Å²) in [5, 5.41) is 43.2. The summed E-state index contributed by atoms with van der Waals surface area (Å²) in [5.74, 6) is -8.75. The number of benzene rings is 1. The van der Waals surface area contributed by atoms with E-state index in [0.29, 0.717) is 6.07 Å². The van der Waals surface area contributed by atoms with E-state index >= 15 is 0 Å². The minimum absolute atomic E-state index is 0.0638. The van der Waals surface area contributed by atoms with Gasteiger partial charge in [0.05, 0.1) is 17.3 Å². The lowest BCUT2D eigenvalue weighted by atomic mass is 9.57. The molecule has 0 saturated heterocycles. The molecule has 1 fully saturated rings. The van der Waals surface area contributed by atoms with Crippen LogP contribution in [-0.4, -0.2) is 68.5 Å². The van der Waals surface area contributed by atoms with Gasteiger partial charge in [0, 0.05) is 17.6 Å². The maximum atomic E-state index is 14.1. The number of aliphatic hydroxyl groups is 3. The van der Waals surface area contributed by atoms with E-state index < -0.39 is 69.6 Å². The van der Waals surface area contributed by atoms with Gasteiger partial charge in [-0.25, -0.2) is 4.39 Å². The molecule has 0 bridgehead atoms. The fourth-order valence-electron chi connectivity index (χ4n) is 5.31. The molecule has 0 aliphatic heterocycles. The molecule has 1 saturated carbocycles. The number of Topliss-reactive ketones (excluding diaryl/α,β-unsaturated/α-hetero) is 2. The van der Waals surface area contributed by atoms with Crippen molar-refractivity contribution in [1.82, 2.24) is 4.90 Å². The third-order valence-corrected chi connectivity index (χ3v) is 6.72. The number of likely N-dealkylation sites (N-methyl/N-ethyl adjacent to an activating group) is 1. The molecule has 4 rings (SSSR count). The van der Waals surface area contributed by atoms with Crippen LogP contribution in [0.3, 0.4) is 0 Å². The van der Waals surface area contributed by atoms with E-state index in [1.54, 1.807) is 0 Å². The highest BCUT2D eigenvalue weighted by Gasteiger charge is 2.64. The number of carbonyl (C=O) groups excluding carboxylic acids is 3. The number of nitrogens with zero attached hydrogens (tertiary/aromatic N) is 1. The predicted molar refractivity (Wildman–Crippen MR) is 109 cm³/mol. The number of primary amides is 1. The maximum absolute atomic E-state index is 14.1. The molecule has 1 amide bonds. The second kappa shape index (κ2) is 6.78. The monoisotopic (exact) mass is 447 g/mol. The Balaban J connectivity index is 2.00. The number of amides is 1. The highest BCUT2D eigenvalue weighted by atomic mass is 19.1. The molecule has 0 spiro atoms. The number of nitrogens with two attached hydrogens (primary N) is 2. The van der Waals surface area contributed by atoms with Crippen LogP contribution in [0, 0.1) is 17.7 Å². The van der Waals surface area contributed by atoms with E-state index in [0.717, 1.165) is 0 Å². The summed E-state index contributed by atoms with van der Waals surface area (Å²) in [6.45, 7) is 0. The average molecular weight is 447 g/mol. The molecule has 1 aromatic rings. The van der Waals surface area contributed by atoms with E-state index in [2.05, 4.69) is 0 Å². The number of phenolic OH excluding ortho intramolecular Hbond substituents is 1. The minimum atomic E-state index is -2.72. The lowest BCUT2D eigenvalue weighted by Crippen LogP contribution is -2.65. The topological polar surface area (TPSA) is 187 Å². The molecule has 4 atom stereocenters. The molecule has 10 nitrogen and oxygen atoms in total. The zero-order valence-electron chi connectivity index (χ0n) is 17.2. The second-order valence-corrected chi connectivity index (χ2v) is 8.61. The Morgan fingerprint density at radius 2 is 1.88 bits per heavy atom. The zero-order valence-corrected chi connectivity index (χ0v) is 17.2. The number of ketones is 2. The van der Waals surface area contributed by atoms with Crippen molar-refractivity contribution in [2.75, 3.05) is 19.8 Å². The number of fused-ring (bicyclic) bond motifs is 3. The molecule has 0 aromatic heterocycles. The minimum Gasteiger partial charge on any atom is -0.508 e. The van der Waals surface area contributed by atoms with Crippen molar-refractivity contribution >= 4 is 28.9 Å². The van der Waals surface area contributed by atoms with Gasteiger partial charge in [-0.2, -0.15) is 0 Å². The second-order valence-electron chi connectivity index (χ2n) is 8.61. The van der Waals surface area contributed by atoms with Gasteiger partial charge in [0.25, 0.3) is 5.91 Å². The van der Waals surface area contributed by atoms with Gasteiger partial charge < -0.3 is 31.9 Å². The van der Waals surface area contributed by atoms with Crippen LogP contribution >= 0.6 is 0 Å². The summed E-state index contributed by atoms with van der Waals surface area (Å²) in [4.78, 5) is 39.7. The van der Waals surface area contributed by atoms with Crippen molar-refractivity contribution in [1.29, 1.82) is 0 Å². The molecule has 32 heavy (non-hydrogen) atoms. The van der Waals surface area contributed by atoms with Gasteiger partial charge in [0.2, 0.25) is 5.78 Å². The molecule has 3 aliphatic rings. The summed E-state index contributed by atoms with van der Waals surface area (Å²) in [5.41, 5.74) is 6.66. The van der Waals surface area contributed by atoms with E-state index in [9.17, 15) is 39.2 Å². The van der Waals surface area contributed by atoms with Crippen molar-refractivity contribution in [3.05, 3.63) is 39.9 Å². The maximum Gasteiger partial charge on any atom is 0.255 e. The van der Waals surface area contributed by atoms with Gasteiger partial charge in [-0.1, -0.05) is 0 Å². The first kappa shape index (κ1) is 21.8. The third-order valence-electron chi connectivity index (χ3n) is 6.72. The first-order valence-corrected chi connectivity index (χ1v) is 9.78. The molecule has 0 unspecified atom stereocenters. The van der Waals surface area contributed by atoms with E-state index in [1.807, 2.05) is 0 Å². The summed E-state index contributed by atoms with van der Waals surface area (Å²) >= 11 is 0. The Labute approximate surface area is 181 Å². The summed E-state index contributed by atoms with van der Waals surface area (Å²) in [6.07, 6.45) is -0.159. The molecule has 3 aliphatic carbocycles. The van der Waals surface area contributed by atoms with Crippen molar-refractivity contribution in [3.8, 4) is 5.75 Å². The van der Waals surface area contributed by atoms with Gasteiger partial charge in [-0.3, -0.25) is 19.3 Å². The van der Waals surface area contributed by atoms with Gasteiger partial charge in [-0.15, -0.1) is 0 Å². The highest BCUT2D eigenvalue weighted by Crippen LogP contribution is 2.53. The lowest BCUT2D eigenvalue weighted by molar-refractivity contribution is -0.153. The number of carbonyl (C=O) groups is 3. The number of nitrogen functional groups attached to an aromatic ring is 1. The van der Waals surface area contributed by atoms with Crippen LogP contribution in [0.25, 0.3) is 5.76 Å². The number of hydrogen-bond donors (Lipinski definition) is 6. The van der Waals surface area contributed by atoms with E-state index in [4.69, 9.17) is 11.5 Å². The Bertz CT molecular complexity index is 1170. The number of halogens is 1. The van der Waals surface area contributed by atoms with Crippen molar-refractivity contribution in [2.24, 2.45) is 17.6 Å². The molecular weight excluding hydrogens is 425 g/mol. The fourth-order valence-corrected chi connectivity index (χ4v) is 5.31. The SMILES string of the molecule is CN(C)[C@@H]1C(=O)C(C(N)=O)=C(O)[C@@]2(O)C(=O)C3=C(O)c4c(O)cc(F)c(N)c4C[C@H]3C[C@@H]12. The number of hydrogen-bond acceptors (Lipinski definition) is 9. The predicted octanol–water partition coefficient (Wildman–Crippen LogP) is -0.315. The molecule has 170 valence electrons. The number of aromatic hydroxyl groups is 1. The molecule has 8 N–H and O–H groups in total. The van der Waals surface area contributed by atoms with Gasteiger partial charge in [0.15, 0.2) is 11.4 Å². The largest absolute Gasteiger partial charge is 0.508 e. The summed E-state index contributed by atoms with van der Waals surface area (Å²) in [6, 6.07) is -0.495. The molecule has 1 aromatic carbocycles. The first-order chi connectivity index (χ1) is 14.8. The van der Waals surface area contributed by atoms with Gasteiger partial charge in [-0.05, 0) is 38.4 Å². The Morgan fingerprint density at radius 1 is 1.25 bits per heavy atom. The first-order valence-electron chi connectivity index (χ1n) is 9.78. The normalized spacial score (nSPS) is 29.7. The smallest absolute Gasteiger partial charge is 0.255 e. The van der Waals surface area contributed by atoms with Crippen molar-refractivity contribution in [3.63, 3.8) is 0 Å². The van der Waals surface area contributed by atoms with E-state index in [-0.39, 0.29) is 35.2 Å². The quantitative estimate of drug-likeness (QED) is 0.201. The van der Waals surface area contributed by atoms with Crippen LogP contribution < -0.4 is 11.5 Å². The van der Waals surface area contributed by atoms with Crippen molar-refractivity contribution in [2.45, 2.75) is 24.5 Å². The molecule has 11 heteroatoms. The Hall–Kier alpha value is -3.44. The summed E-state index contributed by atoms with van der Waals surface area (Å²) < 4.78 is 14.1. The van der Waals surface area contributed by atoms with E-state index in [1.165, 1.54) is 19.0 Å². The highest BCUT2D eigenvalue weighted by molar-refractivity contribution is 6.24. The molecule has 0 heterocycles. The number of anilines is 1. The Morgan fingerprint density at radius 3 is 2.44 bits per heavy atom. The average Bonchev–Trinajstić information content (AvgIpc) is 2.68. The molecular formula is C21H22FN3O7. The standard InChI is InChI=1S/C21H22FN3O7/c1-25(2)15-8-4-6-3-7-12(10(26)5-9(22)14(7)23)16(27)11(6)18(29)21(8,32)19(30)13(17(15)28)20(24)31/h5-6,8,15,26-27,30,32H,3-4,23H2,1-2H3,(H2,24,31)/t6-,8-,15-,21-/m0/s1. The Kier molecular flexibility index (Phi) is 4.61. The van der Waals surface area contributed by atoms with Crippen LogP contribution in [0.15, 0.2) is 23.0 Å². The van der Waals surface area contributed by atoms with Crippen molar-refractivity contribution < 1.29 is 39.2 Å². The lowest BCUT2D eigenvalue weighted by Gasteiger charge is -2.50. The van der Waals surface area contributed by atoms with Crippen LogP contribution in [0.1, 0.15) is 17.5 Å². The van der Waals surface area contributed by atoms with Crippen LogP contribution in [-0.2, 0) is 20.8 Å².